The summed E-state index contributed by atoms with van der Waals surface area (Å²) < 4.78 is 18.6. The Morgan fingerprint density at radius 1 is 1.50 bits per heavy atom. The lowest BCUT2D eigenvalue weighted by atomic mass is 10.3. The van der Waals surface area contributed by atoms with Crippen molar-refractivity contribution in [2.45, 2.75) is 12.5 Å². The molecule has 1 heterocycles. The fraction of sp³-hybridized carbons (Fsp3) is 0.333. The third kappa shape index (κ3) is 2.58. The summed E-state index contributed by atoms with van der Waals surface area (Å²) in [5, 5.41) is 8.62. The first-order valence-corrected chi connectivity index (χ1v) is 5.49. The van der Waals surface area contributed by atoms with E-state index in [4.69, 9.17) is 9.84 Å². The summed E-state index contributed by atoms with van der Waals surface area (Å²) in [5.74, 6) is -2.02. The van der Waals surface area contributed by atoms with Crippen LogP contribution in [-0.4, -0.2) is 41.1 Å². The maximum absolute atomic E-state index is 13.3. The van der Waals surface area contributed by atoms with Gasteiger partial charge in [0.05, 0.1) is 0 Å². The first kappa shape index (κ1) is 12.3. The lowest BCUT2D eigenvalue weighted by Gasteiger charge is -2.15. The number of amides is 1. The predicted octanol–water partition coefficient (Wildman–Crippen LogP) is 0.890. The summed E-state index contributed by atoms with van der Waals surface area (Å²) in [6.45, 7) is -0.0415. The summed E-state index contributed by atoms with van der Waals surface area (Å²) in [7, 11) is 0. The Morgan fingerprint density at radius 2 is 2.22 bits per heavy atom. The number of carboxylic acids is 1. The normalized spacial score (nSPS) is 19.1. The Bertz CT molecular complexity index is 477. The van der Waals surface area contributed by atoms with E-state index in [1.807, 2.05) is 0 Å². The average molecular weight is 253 g/mol. The zero-order valence-corrected chi connectivity index (χ0v) is 9.51. The summed E-state index contributed by atoms with van der Waals surface area (Å²) in [6.07, 6.45) is -0.443. The summed E-state index contributed by atoms with van der Waals surface area (Å²) >= 11 is 0. The number of nitrogens with zero attached hydrogens (tertiary/aromatic N) is 1. The van der Waals surface area contributed by atoms with Crippen molar-refractivity contribution in [3.8, 4) is 5.75 Å². The predicted molar refractivity (Wildman–Crippen MR) is 59.6 cm³/mol. The molecule has 0 aromatic heterocycles. The SMILES string of the molecule is O=C(O)CN1CCC(Oc2ccccc2F)C1=O. The van der Waals surface area contributed by atoms with Gasteiger partial charge in [-0.2, -0.15) is 0 Å². The van der Waals surface area contributed by atoms with Gasteiger partial charge in [-0.1, -0.05) is 12.1 Å². The van der Waals surface area contributed by atoms with Gasteiger partial charge in [0.15, 0.2) is 17.7 Å². The quantitative estimate of drug-likeness (QED) is 0.865. The molecule has 1 unspecified atom stereocenters. The van der Waals surface area contributed by atoms with E-state index < -0.39 is 23.8 Å². The number of carboxylic acid groups (broad SMARTS) is 1. The maximum Gasteiger partial charge on any atom is 0.323 e. The molecule has 0 bridgehead atoms. The molecule has 1 aromatic carbocycles. The van der Waals surface area contributed by atoms with Crippen LogP contribution in [0.3, 0.4) is 0 Å². The Hall–Kier alpha value is -2.11. The highest BCUT2D eigenvalue weighted by Gasteiger charge is 2.34. The summed E-state index contributed by atoms with van der Waals surface area (Å²) in [6, 6.07) is 5.80. The molecule has 1 fully saturated rings. The van der Waals surface area contributed by atoms with Crippen LogP contribution in [0.2, 0.25) is 0 Å². The molecule has 0 spiro atoms. The molecule has 1 saturated heterocycles. The zero-order chi connectivity index (χ0) is 13.1. The monoisotopic (exact) mass is 253 g/mol. The first-order valence-electron chi connectivity index (χ1n) is 5.49. The number of aliphatic carboxylic acids is 1. The van der Waals surface area contributed by atoms with Crippen LogP contribution in [-0.2, 0) is 9.59 Å². The largest absolute Gasteiger partial charge is 0.480 e. The van der Waals surface area contributed by atoms with E-state index in [1.165, 1.54) is 23.1 Å². The summed E-state index contributed by atoms with van der Waals surface area (Å²) in [5.41, 5.74) is 0. The van der Waals surface area contributed by atoms with Crippen molar-refractivity contribution >= 4 is 11.9 Å². The molecule has 5 nitrogen and oxygen atoms in total. The lowest BCUT2D eigenvalue weighted by molar-refractivity contribution is -0.144. The van der Waals surface area contributed by atoms with Gasteiger partial charge >= 0.3 is 5.97 Å². The maximum atomic E-state index is 13.3. The highest BCUT2D eigenvalue weighted by atomic mass is 19.1. The van der Waals surface area contributed by atoms with Crippen molar-refractivity contribution in [1.29, 1.82) is 0 Å². The van der Waals surface area contributed by atoms with Gasteiger partial charge < -0.3 is 14.7 Å². The van der Waals surface area contributed by atoms with Gasteiger partial charge in [0, 0.05) is 13.0 Å². The highest BCUT2D eigenvalue weighted by Crippen LogP contribution is 2.21. The van der Waals surface area contributed by atoms with Gasteiger partial charge in [-0.3, -0.25) is 9.59 Å². The fourth-order valence-electron chi connectivity index (χ4n) is 1.83. The standard InChI is InChI=1S/C12H12FNO4/c13-8-3-1-2-4-9(8)18-10-5-6-14(12(10)17)7-11(15)16/h1-4,10H,5-7H2,(H,15,16). The minimum atomic E-state index is -1.07. The van der Waals surface area contributed by atoms with Gasteiger partial charge in [0.2, 0.25) is 0 Å². The molecule has 0 radical (unpaired) electrons. The van der Waals surface area contributed by atoms with Crippen LogP contribution in [0.5, 0.6) is 5.75 Å². The number of para-hydroxylation sites is 1. The number of carbonyl (C=O) groups excluding carboxylic acids is 1. The molecule has 0 aliphatic carbocycles. The van der Waals surface area contributed by atoms with Gasteiger partial charge in [-0.05, 0) is 12.1 Å². The number of likely N-dealkylation sites (tertiary alicyclic amines) is 1. The van der Waals surface area contributed by atoms with Crippen LogP contribution in [0.4, 0.5) is 4.39 Å². The number of halogens is 1. The van der Waals surface area contributed by atoms with E-state index in [1.54, 1.807) is 6.07 Å². The zero-order valence-electron chi connectivity index (χ0n) is 9.51. The van der Waals surface area contributed by atoms with Crippen LogP contribution in [0.1, 0.15) is 6.42 Å². The molecule has 1 N–H and O–H groups in total. The number of hydrogen-bond donors (Lipinski definition) is 1. The Labute approximate surface area is 103 Å². The molecular formula is C12H12FNO4. The Balaban J connectivity index is 2.02. The van der Waals surface area contributed by atoms with E-state index in [0.717, 1.165) is 0 Å². The molecule has 1 atom stereocenters. The van der Waals surface area contributed by atoms with Crippen molar-refractivity contribution < 1.29 is 23.8 Å². The van der Waals surface area contributed by atoms with E-state index in [-0.39, 0.29) is 12.3 Å². The first-order chi connectivity index (χ1) is 8.58. The van der Waals surface area contributed by atoms with E-state index >= 15 is 0 Å². The van der Waals surface area contributed by atoms with Crippen LogP contribution < -0.4 is 4.74 Å². The molecule has 6 heteroatoms. The van der Waals surface area contributed by atoms with Gasteiger partial charge in [-0.15, -0.1) is 0 Å². The van der Waals surface area contributed by atoms with Gasteiger partial charge in [0.1, 0.15) is 6.54 Å². The van der Waals surface area contributed by atoms with Crippen LogP contribution >= 0.6 is 0 Å². The van der Waals surface area contributed by atoms with Crippen molar-refractivity contribution in [2.75, 3.05) is 13.1 Å². The highest BCUT2D eigenvalue weighted by molar-refractivity contribution is 5.86. The average Bonchev–Trinajstić information content (AvgIpc) is 2.64. The molecule has 1 aliphatic heterocycles. The van der Waals surface area contributed by atoms with E-state index in [9.17, 15) is 14.0 Å². The second kappa shape index (κ2) is 5.03. The molecule has 18 heavy (non-hydrogen) atoms. The third-order valence-electron chi connectivity index (χ3n) is 2.68. The number of hydrogen-bond acceptors (Lipinski definition) is 3. The molecule has 1 aromatic rings. The van der Waals surface area contributed by atoms with Crippen LogP contribution in [0, 0.1) is 5.82 Å². The Kier molecular flexibility index (Phi) is 3.45. The fourth-order valence-corrected chi connectivity index (χ4v) is 1.83. The topological polar surface area (TPSA) is 66.8 Å². The molecular weight excluding hydrogens is 241 g/mol. The minimum Gasteiger partial charge on any atom is -0.480 e. The molecule has 1 aliphatic rings. The van der Waals surface area contributed by atoms with Gasteiger partial charge in [0.25, 0.3) is 5.91 Å². The molecule has 0 saturated carbocycles. The third-order valence-corrected chi connectivity index (χ3v) is 2.68. The van der Waals surface area contributed by atoms with Crippen LogP contribution in [0.15, 0.2) is 24.3 Å². The van der Waals surface area contributed by atoms with Crippen molar-refractivity contribution in [3.05, 3.63) is 30.1 Å². The number of carbonyl (C=O) groups is 2. The van der Waals surface area contributed by atoms with Crippen molar-refractivity contribution in [1.82, 2.24) is 4.90 Å². The minimum absolute atomic E-state index is 0.00743. The van der Waals surface area contributed by atoms with E-state index in [2.05, 4.69) is 0 Å². The van der Waals surface area contributed by atoms with Crippen molar-refractivity contribution in [3.63, 3.8) is 0 Å². The summed E-state index contributed by atoms with van der Waals surface area (Å²) in [4.78, 5) is 23.5. The molecule has 96 valence electrons. The smallest absolute Gasteiger partial charge is 0.323 e. The molecule has 2 rings (SSSR count). The lowest BCUT2D eigenvalue weighted by Crippen LogP contribution is -2.35. The second-order valence-electron chi connectivity index (χ2n) is 3.98. The van der Waals surface area contributed by atoms with E-state index in [0.29, 0.717) is 13.0 Å². The second-order valence-corrected chi connectivity index (χ2v) is 3.98. The van der Waals surface area contributed by atoms with Crippen LogP contribution in [0.25, 0.3) is 0 Å². The van der Waals surface area contributed by atoms with Gasteiger partial charge in [-0.25, -0.2) is 4.39 Å². The number of ether oxygens (including phenoxy) is 1. The van der Waals surface area contributed by atoms with Crippen molar-refractivity contribution in [2.24, 2.45) is 0 Å². The number of benzene rings is 1. The molecule has 1 amide bonds. The number of rotatable bonds is 4. The Morgan fingerprint density at radius 3 is 2.89 bits per heavy atom.